The maximum Gasteiger partial charge on any atom is 0.343 e. The number of halogens is 2. The molecule has 0 spiro atoms. The van der Waals surface area contributed by atoms with Crippen LogP contribution in [-0.4, -0.2) is 18.2 Å². The van der Waals surface area contributed by atoms with Gasteiger partial charge in [-0.3, -0.25) is 0 Å². The van der Waals surface area contributed by atoms with Gasteiger partial charge in [-0.25, -0.2) is 4.79 Å². The fourth-order valence-corrected chi connectivity index (χ4v) is 2.19. The number of aryl methyl sites for hydroxylation is 1. The third kappa shape index (κ3) is 2.09. The Bertz CT molecular complexity index is 587. The van der Waals surface area contributed by atoms with Crippen molar-refractivity contribution in [2.75, 3.05) is 7.11 Å². The van der Waals surface area contributed by atoms with E-state index in [1.165, 1.54) is 7.11 Å². The molecule has 0 atom stereocenters. The van der Waals surface area contributed by atoms with Gasteiger partial charge in [-0.05, 0) is 19.1 Å². The van der Waals surface area contributed by atoms with Gasteiger partial charge >= 0.3 is 5.97 Å². The highest BCUT2D eigenvalue weighted by Crippen LogP contribution is 2.36. The summed E-state index contributed by atoms with van der Waals surface area (Å²) in [5, 5.41) is 4.61. The van der Waals surface area contributed by atoms with Gasteiger partial charge in [0.1, 0.15) is 17.0 Å². The number of rotatable bonds is 2. The average Bonchev–Trinajstić information content (AvgIpc) is 2.70. The Hall–Kier alpha value is -1.52. The molecule has 1 aromatic heterocycles. The Morgan fingerprint density at radius 3 is 2.50 bits per heavy atom. The summed E-state index contributed by atoms with van der Waals surface area (Å²) in [6.45, 7) is 1.62. The van der Waals surface area contributed by atoms with Crippen molar-refractivity contribution in [3.8, 4) is 11.3 Å². The number of aromatic nitrogens is 1. The molecule has 4 nitrogen and oxygen atoms in total. The lowest BCUT2D eigenvalue weighted by atomic mass is 10.2. The van der Waals surface area contributed by atoms with Crippen LogP contribution in [-0.2, 0) is 4.74 Å². The zero-order valence-corrected chi connectivity index (χ0v) is 11.2. The van der Waals surface area contributed by atoms with Crippen molar-refractivity contribution in [1.82, 2.24) is 5.16 Å². The number of esters is 1. The summed E-state index contributed by atoms with van der Waals surface area (Å²) in [6, 6.07) is 5.03. The molecule has 6 heteroatoms. The summed E-state index contributed by atoms with van der Waals surface area (Å²) in [4.78, 5) is 11.7. The number of hydrogen-bond donors (Lipinski definition) is 0. The summed E-state index contributed by atoms with van der Waals surface area (Å²) in [7, 11) is 1.28. The molecule has 0 bridgehead atoms. The molecule has 0 amide bonds. The van der Waals surface area contributed by atoms with E-state index in [2.05, 4.69) is 5.16 Å². The summed E-state index contributed by atoms with van der Waals surface area (Å²) < 4.78 is 9.71. The van der Waals surface area contributed by atoms with Crippen LogP contribution in [0.4, 0.5) is 0 Å². The van der Waals surface area contributed by atoms with Gasteiger partial charge in [0.25, 0.3) is 0 Å². The predicted molar refractivity (Wildman–Crippen MR) is 68.0 cm³/mol. The molecule has 94 valence electrons. The first kappa shape index (κ1) is 12.9. The highest BCUT2D eigenvalue weighted by atomic mass is 35.5. The van der Waals surface area contributed by atoms with Crippen molar-refractivity contribution in [2.24, 2.45) is 0 Å². The van der Waals surface area contributed by atoms with E-state index in [-0.39, 0.29) is 11.3 Å². The first-order valence-electron chi connectivity index (χ1n) is 5.05. The Morgan fingerprint density at radius 2 is 1.94 bits per heavy atom. The van der Waals surface area contributed by atoms with E-state index in [1.807, 2.05) is 0 Å². The first-order chi connectivity index (χ1) is 8.56. The molecule has 0 unspecified atom stereocenters. The van der Waals surface area contributed by atoms with E-state index >= 15 is 0 Å². The summed E-state index contributed by atoms with van der Waals surface area (Å²) in [6.07, 6.45) is 0. The maximum absolute atomic E-state index is 11.7. The zero-order valence-electron chi connectivity index (χ0n) is 9.66. The number of carbonyl (C=O) groups excluding carboxylic acids is 1. The molecule has 0 aliphatic heterocycles. The number of methoxy groups -OCH3 is 1. The second-order valence-corrected chi connectivity index (χ2v) is 4.37. The minimum absolute atomic E-state index is 0.229. The van der Waals surface area contributed by atoms with Crippen LogP contribution in [0.25, 0.3) is 11.3 Å². The molecule has 18 heavy (non-hydrogen) atoms. The molecule has 0 aliphatic carbocycles. The second-order valence-electron chi connectivity index (χ2n) is 3.55. The molecule has 1 aromatic carbocycles. The second kappa shape index (κ2) is 5.00. The fourth-order valence-electron chi connectivity index (χ4n) is 1.61. The van der Waals surface area contributed by atoms with E-state index in [9.17, 15) is 4.79 Å². The highest BCUT2D eigenvalue weighted by molar-refractivity contribution is 6.39. The minimum atomic E-state index is -0.542. The van der Waals surface area contributed by atoms with E-state index in [0.717, 1.165) is 0 Å². The molecule has 2 rings (SSSR count). The lowest BCUT2D eigenvalue weighted by molar-refractivity contribution is 0.0599. The van der Waals surface area contributed by atoms with E-state index in [1.54, 1.807) is 25.1 Å². The van der Waals surface area contributed by atoms with Crippen molar-refractivity contribution < 1.29 is 14.1 Å². The minimum Gasteiger partial charge on any atom is -0.465 e. The summed E-state index contributed by atoms with van der Waals surface area (Å²) >= 11 is 12.1. The fraction of sp³-hybridized carbons (Fsp3) is 0.167. The lowest BCUT2D eigenvalue weighted by Gasteiger charge is -2.05. The zero-order chi connectivity index (χ0) is 13.3. The molecule has 1 heterocycles. The Labute approximate surface area is 113 Å². The van der Waals surface area contributed by atoms with E-state index in [0.29, 0.717) is 21.4 Å². The third-order valence-corrected chi connectivity index (χ3v) is 3.08. The van der Waals surface area contributed by atoms with Crippen LogP contribution in [0.5, 0.6) is 0 Å². The largest absolute Gasteiger partial charge is 0.465 e. The van der Waals surface area contributed by atoms with Crippen LogP contribution >= 0.6 is 23.2 Å². The Morgan fingerprint density at radius 1 is 1.33 bits per heavy atom. The molecular weight excluding hydrogens is 281 g/mol. The van der Waals surface area contributed by atoms with Gasteiger partial charge in [-0.15, -0.1) is 0 Å². The maximum atomic E-state index is 11.7. The number of nitrogens with zero attached hydrogens (tertiary/aromatic N) is 1. The number of benzene rings is 1. The van der Waals surface area contributed by atoms with Crippen molar-refractivity contribution in [2.45, 2.75) is 6.92 Å². The van der Waals surface area contributed by atoms with Gasteiger partial charge < -0.3 is 9.26 Å². The Kier molecular flexibility index (Phi) is 3.59. The molecular formula is C12H9Cl2NO3. The van der Waals surface area contributed by atoms with Crippen LogP contribution in [0, 0.1) is 6.92 Å². The average molecular weight is 290 g/mol. The van der Waals surface area contributed by atoms with Crippen LogP contribution < -0.4 is 0 Å². The number of ether oxygens (including phenoxy) is 1. The molecule has 0 fully saturated rings. The van der Waals surface area contributed by atoms with Crippen LogP contribution in [0.3, 0.4) is 0 Å². The normalized spacial score (nSPS) is 10.4. The van der Waals surface area contributed by atoms with E-state index in [4.69, 9.17) is 32.5 Å². The van der Waals surface area contributed by atoms with Gasteiger partial charge in [0.05, 0.1) is 17.2 Å². The first-order valence-corrected chi connectivity index (χ1v) is 5.80. The third-order valence-electron chi connectivity index (χ3n) is 2.45. The molecule has 0 aliphatic rings. The van der Waals surface area contributed by atoms with E-state index < -0.39 is 5.97 Å². The summed E-state index contributed by atoms with van der Waals surface area (Å²) in [5.41, 5.74) is 0.973. The smallest absolute Gasteiger partial charge is 0.343 e. The molecule has 0 N–H and O–H groups in total. The van der Waals surface area contributed by atoms with Gasteiger partial charge in [-0.1, -0.05) is 34.4 Å². The standard InChI is InChI=1S/C12H9Cl2NO3/c1-6-9(12(16)17-2)11(15-18-6)10-7(13)4-3-5-8(10)14/h3-5H,1-2H3/i1+1,6+1,9+1,12+1. The molecule has 2 aromatic rings. The number of carbonyl (C=O) groups is 1. The lowest BCUT2D eigenvalue weighted by Crippen LogP contribution is -2.03. The highest BCUT2D eigenvalue weighted by Gasteiger charge is 2.25. The SMILES string of the molecule is CO[13C](=O)[13c]1c(-c2c(Cl)cccc2Cl)no[13c]1[13CH3]. The van der Waals surface area contributed by atoms with Gasteiger partial charge in [0, 0.05) is 5.56 Å². The molecule has 0 saturated heterocycles. The molecule has 0 radical (unpaired) electrons. The van der Waals surface area contributed by atoms with Gasteiger partial charge in [0.2, 0.25) is 0 Å². The molecule has 0 saturated carbocycles. The van der Waals surface area contributed by atoms with Crippen LogP contribution in [0.2, 0.25) is 10.0 Å². The topological polar surface area (TPSA) is 52.3 Å². The predicted octanol–water partition coefficient (Wildman–Crippen LogP) is 3.74. The summed E-state index contributed by atoms with van der Waals surface area (Å²) in [5.74, 6) is -0.187. The number of hydrogen-bond acceptors (Lipinski definition) is 4. The van der Waals surface area contributed by atoms with Gasteiger partial charge in [-0.2, -0.15) is 0 Å². The van der Waals surface area contributed by atoms with Crippen molar-refractivity contribution in [1.29, 1.82) is 0 Å². The quantitative estimate of drug-likeness (QED) is 0.624. The van der Waals surface area contributed by atoms with Gasteiger partial charge in [0.15, 0.2) is 0 Å². The van der Waals surface area contributed by atoms with Crippen molar-refractivity contribution >= 4 is 29.2 Å². The Balaban J connectivity index is 2.69. The van der Waals surface area contributed by atoms with Crippen LogP contribution in [0.15, 0.2) is 22.7 Å². The monoisotopic (exact) mass is 289 g/mol. The van der Waals surface area contributed by atoms with Crippen molar-refractivity contribution in [3.63, 3.8) is 0 Å². The van der Waals surface area contributed by atoms with Crippen molar-refractivity contribution in [3.05, 3.63) is 39.6 Å². The van der Waals surface area contributed by atoms with Crippen LogP contribution in [0.1, 0.15) is 16.1 Å².